The number of ether oxygens (including phenoxy) is 2. The third kappa shape index (κ3) is 5.31. The van der Waals surface area contributed by atoms with Gasteiger partial charge in [0.2, 0.25) is 0 Å². The molecule has 0 saturated heterocycles. The normalized spacial score (nSPS) is 9.92. The Kier molecular flexibility index (Phi) is 6.19. The van der Waals surface area contributed by atoms with Crippen molar-refractivity contribution in [3.63, 3.8) is 0 Å². The smallest absolute Gasteiger partial charge is 0.415 e. The first-order valence-corrected chi connectivity index (χ1v) is 7.59. The summed E-state index contributed by atoms with van der Waals surface area (Å²) in [6.07, 6.45) is -1.03. The Balaban J connectivity index is 1.94. The van der Waals surface area contributed by atoms with Gasteiger partial charge >= 0.3 is 12.2 Å². The summed E-state index contributed by atoms with van der Waals surface area (Å²) >= 11 is 0. The first-order chi connectivity index (χ1) is 11.6. The summed E-state index contributed by atoms with van der Waals surface area (Å²) in [6, 6.07) is 16.2. The van der Waals surface area contributed by atoms with Crippen molar-refractivity contribution in [1.82, 2.24) is 4.90 Å². The molecule has 1 N–H and O–H groups in total. The number of hydrogen-bond acceptors (Lipinski definition) is 4. The van der Waals surface area contributed by atoms with Crippen LogP contribution in [0.15, 0.2) is 54.6 Å². The van der Waals surface area contributed by atoms with E-state index in [0.717, 1.165) is 5.56 Å². The SMILES string of the molecule is CCOC(=O)Nc1cccc(OC(=O)N(C)Cc2ccccc2)c1. The van der Waals surface area contributed by atoms with Crippen LogP contribution in [0.1, 0.15) is 12.5 Å². The van der Waals surface area contributed by atoms with Crippen LogP contribution < -0.4 is 10.1 Å². The number of carbonyl (C=O) groups is 2. The van der Waals surface area contributed by atoms with Crippen molar-refractivity contribution in [2.24, 2.45) is 0 Å². The highest BCUT2D eigenvalue weighted by Crippen LogP contribution is 2.18. The largest absolute Gasteiger partial charge is 0.450 e. The van der Waals surface area contributed by atoms with Gasteiger partial charge in [-0.15, -0.1) is 0 Å². The van der Waals surface area contributed by atoms with Gasteiger partial charge in [0, 0.05) is 25.3 Å². The second kappa shape index (κ2) is 8.57. The maximum absolute atomic E-state index is 12.1. The summed E-state index contributed by atoms with van der Waals surface area (Å²) in [6.45, 7) is 2.45. The van der Waals surface area contributed by atoms with Gasteiger partial charge in [-0.2, -0.15) is 0 Å². The highest BCUT2D eigenvalue weighted by Gasteiger charge is 2.12. The predicted molar refractivity (Wildman–Crippen MR) is 91.0 cm³/mol. The van der Waals surface area contributed by atoms with Gasteiger partial charge < -0.3 is 14.4 Å². The quantitative estimate of drug-likeness (QED) is 0.904. The van der Waals surface area contributed by atoms with E-state index in [1.807, 2.05) is 30.3 Å². The maximum atomic E-state index is 12.1. The molecule has 126 valence electrons. The van der Waals surface area contributed by atoms with Crippen molar-refractivity contribution in [1.29, 1.82) is 0 Å². The zero-order chi connectivity index (χ0) is 17.4. The zero-order valence-electron chi connectivity index (χ0n) is 13.7. The minimum Gasteiger partial charge on any atom is -0.450 e. The number of anilines is 1. The van der Waals surface area contributed by atoms with Gasteiger partial charge in [-0.25, -0.2) is 9.59 Å². The number of carbonyl (C=O) groups excluding carboxylic acids is 2. The van der Waals surface area contributed by atoms with Crippen LogP contribution >= 0.6 is 0 Å². The second-order valence-corrected chi connectivity index (χ2v) is 5.08. The molecule has 0 heterocycles. The molecule has 0 unspecified atom stereocenters. The molecule has 0 aliphatic heterocycles. The molecule has 0 atom stereocenters. The van der Waals surface area contributed by atoms with Gasteiger partial charge in [0.25, 0.3) is 0 Å². The van der Waals surface area contributed by atoms with Gasteiger partial charge in [0.1, 0.15) is 5.75 Å². The molecule has 2 amide bonds. The molecule has 2 aromatic rings. The fourth-order valence-corrected chi connectivity index (χ4v) is 2.02. The molecule has 0 saturated carbocycles. The van der Waals surface area contributed by atoms with Crippen molar-refractivity contribution in [3.05, 3.63) is 60.2 Å². The molecule has 6 nitrogen and oxygen atoms in total. The number of nitrogens with one attached hydrogen (secondary N) is 1. The zero-order valence-corrected chi connectivity index (χ0v) is 13.7. The van der Waals surface area contributed by atoms with Crippen LogP contribution in [0.2, 0.25) is 0 Å². The van der Waals surface area contributed by atoms with Crippen LogP contribution in [-0.2, 0) is 11.3 Å². The lowest BCUT2D eigenvalue weighted by molar-refractivity contribution is 0.161. The molecule has 0 radical (unpaired) electrons. The Bertz CT molecular complexity index is 688. The Morgan fingerprint density at radius 1 is 1.08 bits per heavy atom. The van der Waals surface area contributed by atoms with Crippen molar-refractivity contribution >= 4 is 17.9 Å². The fraction of sp³-hybridized carbons (Fsp3) is 0.222. The second-order valence-electron chi connectivity index (χ2n) is 5.08. The number of nitrogens with zero attached hydrogens (tertiary/aromatic N) is 1. The lowest BCUT2D eigenvalue weighted by Gasteiger charge is -2.17. The van der Waals surface area contributed by atoms with E-state index in [0.29, 0.717) is 18.0 Å². The summed E-state index contributed by atoms with van der Waals surface area (Å²) in [5.74, 6) is 0.342. The van der Waals surface area contributed by atoms with Crippen molar-refractivity contribution in [3.8, 4) is 5.75 Å². The molecular formula is C18H20N2O4. The molecule has 0 fully saturated rings. The van der Waals surface area contributed by atoms with Gasteiger partial charge in [-0.3, -0.25) is 5.32 Å². The molecule has 0 spiro atoms. The number of rotatable bonds is 5. The molecule has 0 bridgehead atoms. The third-order valence-electron chi connectivity index (χ3n) is 3.14. The van der Waals surface area contributed by atoms with E-state index >= 15 is 0 Å². The summed E-state index contributed by atoms with van der Waals surface area (Å²) in [4.78, 5) is 25.0. The highest BCUT2D eigenvalue weighted by molar-refractivity contribution is 5.85. The van der Waals surface area contributed by atoms with E-state index in [1.54, 1.807) is 38.2 Å². The Labute approximate surface area is 141 Å². The van der Waals surface area contributed by atoms with Crippen LogP contribution in [0, 0.1) is 0 Å². The Morgan fingerprint density at radius 3 is 2.54 bits per heavy atom. The van der Waals surface area contributed by atoms with Crippen LogP contribution in [0.4, 0.5) is 15.3 Å². The van der Waals surface area contributed by atoms with Crippen LogP contribution in [0.25, 0.3) is 0 Å². The molecule has 6 heteroatoms. The van der Waals surface area contributed by atoms with Crippen LogP contribution in [0.5, 0.6) is 5.75 Å². The lowest BCUT2D eigenvalue weighted by Crippen LogP contribution is -2.29. The van der Waals surface area contributed by atoms with E-state index in [2.05, 4.69) is 5.32 Å². The van der Waals surface area contributed by atoms with Crippen molar-refractivity contribution < 1.29 is 19.1 Å². The van der Waals surface area contributed by atoms with E-state index in [4.69, 9.17) is 9.47 Å². The van der Waals surface area contributed by atoms with Gasteiger partial charge in [0.15, 0.2) is 0 Å². The van der Waals surface area contributed by atoms with E-state index in [-0.39, 0.29) is 6.61 Å². The number of amides is 2. The minimum absolute atomic E-state index is 0.283. The highest BCUT2D eigenvalue weighted by atomic mass is 16.6. The van der Waals surface area contributed by atoms with Crippen LogP contribution in [-0.4, -0.2) is 30.7 Å². The summed E-state index contributed by atoms with van der Waals surface area (Å²) in [7, 11) is 1.66. The van der Waals surface area contributed by atoms with E-state index < -0.39 is 12.2 Å². The van der Waals surface area contributed by atoms with E-state index in [9.17, 15) is 9.59 Å². The first-order valence-electron chi connectivity index (χ1n) is 7.59. The maximum Gasteiger partial charge on any atom is 0.415 e. The van der Waals surface area contributed by atoms with Gasteiger partial charge in [0.05, 0.1) is 6.61 Å². The predicted octanol–water partition coefficient (Wildman–Crippen LogP) is 3.89. The third-order valence-corrected chi connectivity index (χ3v) is 3.14. The Hall–Kier alpha value is -3.02. The summed E-state index contributed by atoms with van der Waals surface area (Å²) in [5, 5.41) is 2.56. The first kappa shape index (κ1) is 17.3. The van der Waals surface area contributed by atoms with Crippen molar-refractivity contribution in [2.75, 3.05) is 19.0 Å². The summed E-state index contributed by atoms with van der Waals surface area (Å²) < 4.78 is 10.1. The molecule has 0 aromatic heterocycles. The van der Waals surface area contributed by atoms with Gasteiger partial charge in [-0.05, 0) is 24.6 Å². The summed E-state index contributed by atoms with van der Waals surface area (Å²) in [5.41, 5.74) is 1.50. The van der Waals surface area contributed by atoms with E-state index in [1.165, 1.54) is 4.90 Å². The topological polar surface area (TPSA) is 67.9 Å². The standard InChI is InChI=1S/C18H20N2O4/c1-3-23-17(21)19-15-10-7-11-16(12-15)24-18(22)20(2)13-14-8-5-4-6-9-14/h4-12H,3,13H2,1-2H3,(H,19,21). The van der Waals surface area contributed by atoms with Crippen LogP contribution in [0.3, 0.4) is 0 Å². The van der Waals surface area contributed by atoms with Crippen molar-refractivity contribution in [2.45, 2.75) is 13.5 Å². The Morgan fingerprint density at radius 2 is 1.83 bits per heavy atom. The fourth-order valence-electron chi connectivity index (χ4n) is 2.02. The lowest BCUT2D eigenvalue weighted by atomic mass is 10.2. The number of hydrogen-bond donors (Lipinski definition) is 1. The van der Waals surface area contributed by atoms with Gasteiger partial charge in [-0.1, -0.05) is 36.4 Å². The number of benzene rings is 2. The molecule has 2 rings (SSSR count). The molecular weight excluding hydrogens is 308 g/mol. The minimum atomic E-state index is -0.554. The molecule has 0 aliphatic rings. The molecule has 0 aliphatic carbocycles. The monoisotopic (exact) mass is 328 g/mol. The average Bonchev–Trinajstić information content (AvgIpc) is 2.56. The molecule has 24 heavy (non-hydrogen) atoms. The molecule has 2 aromatic carbocycles. The average molecular weight is 328 g/mol.